The first-order valence-corrected chi connectivity index (χ1v) is 11.1. The van der Waals surface area contributed by atoms with Crippen molar-refractivity contribution < 1.29 is 14.3 Å². The Kier molecular flexibility index (Phi) is 5.98. The first kappa shape index (κ1) is 21.4. The lowest BCUT2D eigenvalue weighted by atomic mass is 9.99. The van der Waals surface area contributed by atoms with Crippen molar-refractivity contribution in [3.8, 4) is 5.82 Å². The van der Waals surface area contributed by atoms with Gasteiger partial charge in [-0.05, 0) is 53.9 Å². The van der Waals surface area contributed by atoms with E-state index in [1.54, 1.807) is 18.3 Å². The average Bonchev–Trinajstić information content (AvgIpc) is 3.28. The molecule has 2 aromatic heterocycles. The van der Waals surface area contributed by atoms with Crippen LogP contribution in [0.4, 0.5) is 5.95 Å². The van der Waals surface area contributed by atoms with Crippen molar-refractivity contribution in [2.24, 2.45) is 0 Å². The zero-order valence-electron chi connectivity index (χ0n) is 18.2. The van der Waals surface area contributed by atoms with Crippen molar-refractivity contribution in [1.29, 1.82) is 0 Å². The fourth-order valence-electron chi connectivity index (χ4n) is 4.11. The third-order valence-electron chi connectivity index (χ3n) is 5.80. The molecule has 5 rings (SSSR count). The minimum Gasteiger partial charge on any atom is -0.465 e. The molecule has 2 aromatic carbocycles. The molecule has 0 spiro atoms. The highest BCUT2D eigenvalue weighted by Gasteiger charge is 2.16. The molecule has 7 nitrogen and oxygen atoms in total. The van der Waals surface area contributed by atoms with Gasteiger partial charge in [0.15, 0.2) is 0 Å². The number of anilines is 1. The van der Waals surface area contributed by atoms with Gasteiger partial charge < -0.3 is 18.9 Å². The van der Waals surface area contributed by atoms with Gasteiger partial charge in [0.25, 0.3) is 0 Å². The first-order chi connectivity index (χ1) is 16.1. The van der Waals surface area contributed by atoms with Crippen LogP contribution in [0.25, 0.3) is 16.7 Å². The molecule has 0 bridgehead atoms. The third kappa shape index (κ3) is 4.42. The van der Waals surface area contributed by atoms with Crippen LogP contribution in [0, 0.1) is 0 Å². The lowest BCUT2D eigenvalue weighted by Gasteiger charge is -2.26. The Hall–Kier alpha value is -3.42. The van der Waals surface area contributed by atoms with Gasteiger partial charge in [0, 0.05) is 35.9 Å². The molecule has 8 heteroatoms. The molecule has 0 radical (unpaired) electrons. The number of hydrogen-bond donors (Lipinski definition) is 0. The van der Waals surface area contributed by atoms with E-state index in [4.69, 9.17) is 26.1 Å². The van der Waals surface area contributed by atoms with Gasteiger partial charge in [-0.15, -0.1) is 0 Å². The van der Waals surface area contributed by atoms with Gasteiger partial charge in [-0.1, -0.05) is 23.7 Å². The monoisotopic (exact) mass is 462 g/mol. The number of morpholine rings is 1. The molecule has 1 fully saturated rings. The first-order valence-electron chi connectivity index (χ1n) is 10.8. The highest BCUT2D eigenvalue weighted by molar-refractivity contribution is 6.31. The van der Waals surface area contributed by atoms with E-state index >= 15 is 0 Å². The Morgan fingerprint density at radius 1 is 1.12 bits per heavy atom. The highest BCUT2D eigenvalue weighted by atomic mass is 35.5. The van der Waals surface area contributed by atoms with Crippen LogP contribution in [-0.2, 0) is 15.9 Å². The van der Waals surface area contributed by atoms with Crippen LogP contribution in [0.2, 0.25) is 5.02 Å². The summed E-state index contributed by atoms with van der Waals surface area (Å²) in [6, 6.07) is 15.6. The SMILES string of the molecule is COC(=O)c1cc(Cl)ccc1Cc1ccc2c(ccn2-c2ccnc(N3CCOCC3)n2)c1. The summed E-state index contributed by atoms with van der Waals surface area (Å²) >= 11 is 6.09. The molecule has 168 valence electrons. The number of hydrogen-bond acceptors (Lipinski definition) is 6. The number of carbonyl (C=O) groups is 1. The number of methoxy groups -OCH3 is 1. The van der Waals surface area contributed by atoms with Gasteiger partial charge in [-0.3, -0.25) is 0 Å². The molecular weight excluding hydrogens is 440 g/mol. The quantitative estimate of drug-likeness (QED) is 0.412. The van der Waals surface area contributed by atoms with Crippen molar-refractivity contribution in [3.63, 3.8) is 0 Å². The van der Waals surface area contributed by atoms with Gasteiger partial charge in [0.1, 0.15) is 5.82 Å². The molecule has 0 N–H and O–H groups in total. The van der Waals surface area contributed by atoms with Crippen LogP contribution in [0.1, 0.15) is 21.5 Å². The number of carbonyl (C=O) groups excluding carboxylic acids is 1. The van der Waals surface area contributed by atoms with E-state index in [1.165, 1.54) is 7.11 Å². The molecule has 33 heavy (non-hydrogen) atoms. The number of fused-ring (bicyclic) bond motifs is 1. The summed E-state index contributed by atoms with van der Waals surface area (Å²) in [5.74, 6) is 1.15. The van der Waals surface area contributed by atoms with Crippen LogP contribution in [0.5, 0.6) is 0 Å². The second kappa shape index (κ2) is 9.21. The van der Waals surface area contributed by atoms with Gasteiger partial charge >= 0.3 is 5.97 Å². The zero-order valence-corrected chi connectivity index (χ0v) is 19.0. The van der Waals surface area contributed by atoms with E-state index < -0.39 is 0 Å². The lowest BCUT2D eigenvalue weighted by Crippen LogP contribution is -2.37. The zero-order chi connectivity index (χ0) is 22.8. The molecule has 1 aliphatic rings. The molecule has 4 aromatic rings. The standard InChI is InChI=1S/C25H23ClN4O3/c1-32-24(31)21-16-20(26)4-3-18(21)14-17-2-5-22-19(15-17)7-9-30(22)23-6-8-27-25(28-23)29-10-12-33-13-11-29/h2-9,15-16H,10-14H2,1H3. The Morgan fingerprint density at radius 3 is 2.79 bits per heavy atom. The van der Waals surface area contributed by atoms with Gasteiger partial charge in [0.05, 0.1) is 31.4 Å². The van der Waals surface area contributed by atoms with E-state index in [2.05, 4.69) is 38.7 Å². The number of aromatic nitrogens is 3. The molecule has 0 saturated carbocycles. The summed E-state index contributed by atoms with van der Waals surface area (Å²) in [7, 11) is 1.37. The molecule has 0 atom stereocenters. The number of esters is 1. The van der Waals surface area contributed by atoms with E-state index in [-0.39, 0.29) is 5.97 Å². The fourth-order valence-corrected chi connectivity index (χ4v) is 4.29. The number of nitrogens with zero attached hydrogens (tertiary/aromatic N) is 4. The van der Waals surface area contributed by atoms with Crippen LogP contribution in [-0.4, -0.2) is 53.9 Å². The van der Waals surface area contributed by atoms with Crippen molar-refractivity contribution in [1.82, 2.24) is 14.5 Å². The summed E-state index contributed by atoms with van der Waals surface area (Å²) < 4.78 is 12.4. The summed E-state index contributed by atoms with van der Waals surface area (Å²) in [5.41, 5.74) is 3.49. The normalized spacial score (nSPS) is 13.9. The number of halogens is 1. The largest absolute Gasteiger partial charge is 0.465 e. The predicted octanol–water partition coefficient (Wildman–Crippen LogP) is 4.29. The molecule has 3 heterocycles. The van der Waals surface area contributed by atoms with Crippen molar-refractivity contribution in [2.45, 2.75) is 6.42 Å². The maximum absolute atomic E-state index is 12.2. The average molecular weight is 463 g/mol. The summed E-state index contributed by atoms with van der Waals surface area (Å²) in [6.07, 6.45) is 4.40. The van der Waals surface area contributed by atoms with E-state index in [0.717, 1.165) is 40.9 Å². The summed E-state index contributed by atoms with van der Waals surface area (Å²) in [6.45, 7) is 2.96. The second-order valence-electron chi connectivity index (χ2n) is 7.86. The van der Waals surface area contributed by atoms with Crippen molar-refractivity contribution >= 4 is 34.4 Å². The topological polar surface area (TPSA) is 69.5 Å². The lowest BCUT2D eigenvalue weighted by molar-refractivity contribution is 0.0599. The molecule has 0 unspecified atom stereocenters. The van der Waals surface area contributed by atoms with Gasteiger partial charge in [0.2, 0.25) is 5.95 Å². The van der Waals surface area contributed by atoms with Crippen molar-refractivity contribution in [2.75, 3.05) is 38.3 Å². The van der Waals surface area contributed by atoms with Crippen LogP contribution >= 0.6 is 11.6 Å². The number of benzene rings is 2. The number of ether oxygens (including phenoxy) is 2. The fraction of sp³-hybridized carbons (Fsp3) is 0.240. The molecule has 1 saturated heterocycles. The summed E-state index contributed by atoms with van der Waals surface area (Å²) in [4.78, 5) is 23.6. The van der Waals surface area contributed by atoms with Crippen LogP contribution in [0.15, 0.2) is 60.9 Å². The number of rotatable bonds is 5. The Bertz CT molecular complexity index is 1310. The minimum atomic E-state index is -0.389. The summed E-state index contributed by atoms with van der Waals surface area (Å²) in [5, 5.41) is 1.60. The Balaban J connectivity index is 1.44. The maximum Gasteiger partial charge on any atom is 0.338 e. The smallest absolute Gasteiger partial charge is 0.338 e. The Labute approximate surface area is 196 Å². The predicted molar refractivity (Wildman–Crippen MR) is 127 cm³/mol. The molecule has 0 aliphatic carbocycles. The van der Waals surface area contributed by atoms with Gasteiger partial charge in [-0.2, -0.15) is 4.98 Å². The minimum absolute atomic E-state index is 0.389. The second-order valence-corrected chi connectivity index (χ2v) is 8.30. The Morgan fingerprint density at radius 2 is 1.97 bits per heavy atom. The third-order valence-corrected chi connectivity index (χ3v) is 6.03. The molecular formula is C25H23ClN4O3. The maximum atomic E-state index is 12.2. The van der Waals surface area contributed by atoms with Gasteiger partial charge in [-0.25, -0.2) is 9.78 Å². The highest BCUT2D eigenvalue weighted by Crippen LogP contribution is 2.25. The van der Waals surface area contributed by atoms with E-state index in [9.17, 15) is 4.79 Å². The van der Waals surface area contributed by atoms with Crippen LogP contribution in [0.3, 0.4) is 0 Å². The molecule has 0 amide bonds. The molecule has 1 aliphatic heterocycles. The van der Waals surface area contributed by atoms with Crippen LogP contribution < -0.4 is 4.90 Å². The van der Waals surface area contributed by atoms with Crippen molar-refractivity contribution in [3.05, 3.63) is 82.6 Å². The van der Waals surface area contributed by atoms with E-state index in [0.29, 0.717) is 36.2 Å². The van der Waals surface area contributed by atoms with E-state index in [1.807, 2.05) is 18.3 Å².